The summed E-state index contributed by atoms with van der Waals surface area (Å²) in [6.45, 7) is 9.60. The Kier molecular flexibility index (Phi) is 5.54. The van der Waals surface area contributed by atoms with Crippen molar-refractivity contribution in [2.24, 2.45) is 17.8 Å². The van der Waals surface area contributed by atoms with Crippen LogP contribution in [0, 0.1) is 17.8 Å². The molecule has 2 atom stereocenters. The van der Waals surface area contributed by atoms with Crippen LogP contribution in [-0.2, 0) is 0 Å². The standard InChI is InChI=1S/C13H27N/c1-4-11(3)10-12(5-2)13-6-8-14-9-7-13/h11-14H,4-10H2,1-3H3. The lowest BCUT2D eigenvalue weighted by Crippen LogP contribution is -2.32. The Morgan fingerprint density at radius 3 is 2.29 bits per heavy atom. The number of piperidine rings is 1. The first-order valence-corrected chi connectivity index (χ1v) is 6.48. The largest absolute Gasteiger partial charge is 0.317 e. The van der Waals surface area contributed by atoms with Crippen molar-refractivity contribution < 1.29 is 0 Å². The third kappa shape index (κ3) is 3.61. The zero-order valence-electron chi connectivity index (χ0n) is 10.2. The van der Waals surface area contributed by atoms with E-state index in [4.69, 9.17) is 0 Å². The van der Waals surface area contributed by atoms with Crippen LogP contribution in [-0.4, -0.2) is 13.1 Å². The van der Waals surface area contributed by atoms with Gasteiger partial charge in [-0.25, -0.2) is 0 Å². The molecule has 0 amide bonds. The minimum Gasteiger partial charge on any atom is -0.317 e. The molecular weight excluding hydrogens is 170 g/mol. The molecule has 0 aliphatic carbocycles. The van der Waals surface area contributed by atoms with Crippen molar-refractivity contribution in [2.45, 2.75) is 52.9 Å². The molecule has 0 radical (unpaired) electrons. The van der Waals surface area contributed by atoms with Crippen molar-refractivity contribution in [2.75, 3.05) is 13.1 Å². The van der Waals surface area contributed by atoms with Crippen LogP contribution in [0.15, 0.2) is 0 Å². The molecule has 1 fully saturated rings. The maximum absolute atomic E-state index is 3.46. The van der Waals surface area contributed by atoms with E-state index >= 15 is 0 Å². The van der Waals surface area contributed by atoms with Crippen molar-refractivity contribution >= 4 is 0 Å². The summed E-state index contributed by atoms with van der Waals surface area (Å²) in [5, 5.41) is 3.46. The number of hydrogen-bond donors (Lipinski definition) is 1. The van der Waals surface area contributed by atoms with E-state index in [-0.39, 0.29) is 0 Å². The number of hydrogen-bond acceptors (Lipinski definition) is 1. The van der Waals surface area contributed by atoms with Gasteiger partial charge >= 0.3 is 0 Å². The zero-order chi connectivity index (χ0) is 10.4. The third-order valence-corrected chi connectivity index (χ3v) is 3.98. The van der Waals surface area contributed by atoms with E-state index < -0.39 is 0 Å². The molecule has 84 valence electrons. The van der Waals surface area contributed by atoms with E-state index in [1.807, 2.05) is 0 Å². The van der Waals surface area contributed by atoms with Crippen molar-refractivity contribution in [1.82, 2.24) is 5.32 Å². The monoisotopic (exact) mass is 197 g/mol. The Bertz CT molecular complexity index is 138. The molecule has 1 N–H and O–H groups in total. The Labute approximate surface area is 89.7 Å². The van der Waals surface area contributed by atoms with Crippen molar-refractivity contribution in [3.63, 3.8) is 0 Å². The first-order chi connectivity index (χ1) is 6.77. The zero-order valence-corrected chi connectivity index (χ0v) is 10.2. The van der Waals surface area contributed by atoms with E-state index in [0.29, 0.717) is 0 Å². The first kappa shape index (κ1) is 12.0. The molecule has 0 spiro atoms. The van der Waals surface area contributed by atoms with Gasteiger partial charge in [0.05, 0.1) is 0 Å². The molecular formula is C13H27N. The van der Waals surface area contributed by atoms with E-state index in [0.717, 1.165) is 17.8 Å². The van der Waals surface area contributed by atoms with Crippen LogP contribution in [0.4, 0.5) is 0 Å². The summed E-state index contributed by atoms with van der Waals surface area (Å²) in [7, 11) is 0. The molecule has 1 aliphatic heterocycles. The number of nitrogens with one attached hydrogen (secondary N) is 1. The minimum absolute atomic E-state index is 0.926. The van der Waals surface area contributed by atoms with Crippen molar-refractivity contribution in [1.29, 1.82) is 0 Å². The highest BCUT2D eigenvalue weighted by atomic mass is 14.9. The van der Waals surface area contributed by atoms with Gasteiger partial charge in [-0.05, 0) is 50.1 Å². The Morgan fingerprint density at radius 1 is 1.14 bits per heavy atom. The van der Waals surface area contributed by atoms with Crippen LogP contribution < -0.4 is 5.32 Å². The average Bonchev–Trinajstić information content (AvgIpc) is 2.26. The molecule has 0 aromatic carbocycles. The van der Waals surface area contributed by atoms with Gasteiger partial charge in [0, 0.05) is 0 Å². The molecule has 1 heteroatoms. The lowest BCUT2D eigenvalue weighted by molar-refractivity contribution is 0.215. The predicted molar refractivity (Wildman–Crippen MR) is 63.4 cm³/mol. The second kappa shape index (κ2) is 6.44. The van der Waals surface area contributed by atoms with Gasteiger partial charge in [-0.15, -0.1) is 0 Å². The summed E-state index contributed by atoms with van der Waals surface area (Å²) < 4.78 is 0. The van der Waals surface area contributed by atoms with Crippen LogP contribution in [0.3, 0.4) is 0 Å². The Morgan fingerprint density at radius 2 is 1.79 bits per heavy atom. The van der Waals surface area contributed by atoms with Gasteiger partial charge < -0.3 is 5.32 Å². The fourth-order valence-electron chi connectivity index (χ4n) is 2.69. The second-order valence-corrected chi connectivity index (χ2v) is 5.00. The summed E-state index contributed by atoms with van der Waals surface area (Å²) in [4.78, 5) is 0. The molecule has 2 unspecified atom stereocenters. The summed E-state index contributed by atoms with van der Waals surface area (Å²) in [6.07, 6.45) is 7.01. The van der Waals surface area contributed by atoms with E-state index in [9.17, 15) is 0 Å². The van der Waals surface area contributed by atoms with Gasteiger partial charge in [-0.3, -0.25) is 0 Å². The molecule has 1 rings (SSSR count). The maximum atomic E-state index is 3.46. The number of rotatable bonds is 5. The highest BCUT2D eigenvalue weighted by Crippen LogP contribution is 2.30. The SMILES string of the molecule is CCC(C)CC(CC)C1CCNCC1. The van der Waals surface area contributed by atoms with Gasteiger partial charge in [0.1, 0.15) is 0 Å². The fraction of sp³-hybridized carbons (Fsp3) is 1.00. The molecule has 1 saturated heterocycles. The van der Waals surface area contributed by atoms with Gasteiger partial charge in [0.15, 0.2) is 0 Å². The molecule has 0 aromatic heterocycles. The third-order valence-electron chi connectivity index (χ3n) is 3.98. The molecule has 0 bridgehead atoms. The Hall–Kier alpha value is -0.0400. The predicted octanol–water partition coefficient (Wildman–Crippen LogP) is 3.45. The lowest BCUT2D eigenvalue weighted by Gasteiger charge is -2.31. The average molecular weight is 197 g/mol. The van der Waals surface area contributed by atoms with E-state index in [1.165, 1.54) is 45.2 Å². The van der Waals surface area contributed by atoms with Crippen LogP contribution in [0.5, 0.6) is 0 Å². The smallest absolute Gasteiger partial charge is 0.00462 e. The molecule has 0 aromatic rings. The maximum Gasteiger partial charge on any atom is -0.00462 e. The second-order valence-electron chi connectivity index (χ2n) is 5.00. The van der Waals surface area contributed by atoms with Crippen LogP contribution in [0.2, 0.25) is 0 Å². The topological polar surface area (TPSA) is 12.0 Å². The van der Waals surface area contributed by atoms with E-state index in [2.05, 4.69) is 26.1 Å². The van der Waals surface area contributed by atoms with Gasteiger partial charge in [-0.2, -0.15) is 0 Å². The summed E-state index contributed by atoms with van der Waals surface area (Å²) >= 11 is 0. The normalized spacial score (nSPS) is 23.4. The van der Waals surface area contributed by atoms with Gasteiger partial charge in [0.2, 0.25) is 0 Å². The highest BCUT2D eigenvalue weighted by Gasteiger charge is 2.22. The summed E-state index contributed by atoms with van der Waals surface area (Å²) in [5.41, 5.74) is 0. The van der Waals surface area contributed by atoms with Crippen LogP contribution >= 0.6 is 0 Å². The first-order valence-electron chi connectivity index (χ1n) is 6.48. The van der Waals surface area contributed by atoms with Gasteiger partial charge in [0.25, 0.3) is 0 Å². The fourth-order valence-corrected chi connectivity index (χ4v) is 2.69. The van der Waals surface area contributed by atoms with Gasteiger partial charge in [-0.1, -0.05) is 33.6 Å². The van der Waals surface area contributed by atoms with Crippen molar-refractivity contribution in [3.8, 4) is 0 Å². The lowest BCUT2D eigenvalue weighted by atomic mass is 9.78. The quantitative estimate of drug-likeness (QED) is 0.712. The summed E-state index contributed by atoms with van der Waals surface area (Å²) in [6, 6.07) is 0. The minimum atomic E-state index is 0.926. The Balaban J connectivity index is 2.35. The van der Waals surface area contributed by atoms with E-state index in [1.54, 1.807) is 0 Å². The van der Waals surface area contributed by atoms with Crippen molar-refractivity contribution in [3.05, 3.63) is 0 Å². The summed E-state index contributed by atoms with van der Waals surface area (Å²) in [5.74, 6) is 2.93. The van der Waals surface area contributed by atoms with Crippen LogP contribution in [0.1, 0.15) is 52.9 Å². The molecule has 1 nitrogen and oxygen atoms in total. The molecule has 1 aliphatic rings. The molecule has 14 heavy (non-hydrogen) atoms. The molecule has 1 heterocycles. The molecule has 0 saturated carbocycles. The highest BCUT2D eigenvalue weighted by molar-refractivity contribution is 4.76. The van der Waals surface area contributed by atoms with Crippen LogP contribution in [0.25, 0.3) is 0 Å².